The second-order valence-corrected chi connectivity index (χ2v) is 5.75. The van der Waals surface area contributed by atoms with Crippen molar-refractivity contribution in [3.05, 3.63) is 54.4 Å². The van der Waals surface area contributed by atoms with Crippen molar-refractivity contribution in [2.75, 3.05) is 6.54 Å². The molecule has 0 amide bonds. The average Bonchev–Trinajstić information content (AvgIpc) is 2.52. The van der Waals surface area contributed by atoms with E-state index >= 15 is 0 Å². The van der Waals surface area contributed by atoms with Gasteiger partial charge in [0.2, 0.25) is 0 Å². The quantitative estimate of drug-likeness (QED) is 0.622. The van der Waals surface area contributed by atoms with Crippen molar-refractivity contribution in [3.8, 4) is 0 Å². The summed E-state index contributed by atoms with van der Waals surface area (Å²) in [6.07, 6.45) is 4.66. The highest BCUT2D eigenvalue weighted by atomic mass is 32.2. The van der Waals surface area contributed by atoms with Crippen LogP contribution >= 0.6 is 11.8 Å². The van der Waals surface area contributed by atoms with E-state index in [2.05, 4.69) is 59.5 Å². The topological polar surface area (TPSA) is 37.8 Å². The standard InChI is InChI=1S/C16H21N3S/c1-3-14(20-16-18-11-8-12-19-16)15(17-4-2)13-9-6-5-7-10-13/h5-12,14-15,17H,3-4H2,1-2H3. The van der Waals surface area contributed by atoms with E-state index in [-0.39, 0.29) is 0 Å². The zero-order chi connectivity index (χ0) is 14.2. The van der Waals surface area contributed by atoms with Gasteiger partial charge in [0.05, 0.1) is 0 Å². The van der Waals surface area contributed by atoms with E-state index in [1.165, 1.54) is 5.56 Å². The molecule has 0 aliphatic heterocycles. The van der Waals surface area contributed by atoms with Gasteiger partial charge < -0.3 is 5.32 Å². The van der Waals surface area contributed by atoms with Gasteiger partial charge in [-0.25, -0.2) is 9.97 Å². The molecule has 0 aliphatic carbocycles. The molecule has 0 fully saturated rings. The van der Waals surface area contributed by atoms with Crippen LogP contribution in [0, 0.1) is 0 Å². The Labute approximate surface area is 125 Å². The van der Waals surface area contributed by atoms with Gasteiger partial charge in [-0.2, -0.15) is 0 Å². The first-order valence-corrected chi connectivity index (χ1v) is 7.95. The molecule has 0 bridgehead atoms. The monoisotopic (exact) mass is 287 g/mol. The molecule has 2 atom stereocenters. The lowest BCUT2D eigenvalue weighted by Gasteiger charge is -2.26. The van der Waals surface area contributed by atoms with Gasteiger partial charge in [-0.05, 0) is 24.6 Å². The Morgan fingerprint density at radius 2 is 1.75 bits per heavy atom. The molecular weight excluding hydrogens is 266 g/mol. The molecule has 0 spiro atoms. The summed E-state index contributed by atoms with van der Waals surface area (Å²) in [5.74, 6) is 0. The van der Waals surface area contributed by atoms with Crippen molar-refractivity contribution >= 4 is 11.8 Å². The van der Waals surface area contributed by atoms with Gasteiger partial charge in [0, 0.05) is 23.7 Å². The molecule has 3 nitrogen and oxygen atoms in total. The summed E-state index contributed by atoms with van der Waals surface area (Å²) < 4.78 is 0. The van der Waals surface area contributed by atoms with Crippen LogP contribution in [0.1, 0.15) is 31.9 Å². The zero-order valence-electron chi connectivity index (χ0n) is 12.0. The van der Waals surface area contributed by atoms with Crippen LogP contribution in [0.5, 0.6) is 0 Å². The molecule has 20 heavy (non-hydrogen) atoms. The highest BCUT2D eigenvalue weighted by molar-refractivity contribution is 7.99. The van der Waals surface area contributed by atoms with Crippen molar-refractivity contribution in [1.82, 2.24) is 15.3 Å². The fourth-order valence-corrected chi connectivity index (χ4v) is 3.28. The van der Waals surface area contributed by atoms with Gasteiger partial charge in [-0.3, -0.25) is 0 Å². The Hall–Kier alpha value is -1.39. The number of thioether (sulfide) groups is 1. The van der Waals surface area contributed by atoms with Gasteiger partial charge in [0.15, 0.2) is 5.16 Å². The molecule has 2 unspecified atom stereocenters. The fourth-order valence-electron chi connectivity index (χ4n) is 2.21. The molecule has 2 rings (SSSR count). The third-order valence-corrected chi connectivity index (χ3v) is 4.49. The minimum Gasteiger partial charge on any atom is -0.309 e. The van der Waals surface area contributed by atoms with Crippen LogP contribution in [-0.2, 0) is 0 Å². The maximum atomic E-state index is 4.33. The first-order chi connectivity index (χ1) is 9.85. The summed E-state index contributed by atoms with van der Waals surface area (Å²) in [6.45, 7) is 5.31. The van der Waals surface area contributed by atoms with Crippen molar-refractivity contribution in [1.29, 1.82) is 0 Å². The lowest BCUT2D eigenvalue weighted by Crippen LogP contribution is -2.30. The molecule has 2 aromatic rings. The normalized spacial score (nSPS) is 13.9. The molecular formula is C16H21N3S. The smallest absolute Gasteiger partial charge is 0.187 e. The Balaban J connectivity index is 2.17. The number of aromatic nitrogens is 2. The lowest BCUT2D eigenvalue weighted by atomic mass is 10.0. The van der Waals surface area contributed by atoms with Crippen LogP contribution in [0.4, 0.5) is 0 Å². The largest absolute Gasteiger partial charge is 0.309 e. The number of hydrogen-bond donors (Lipinski definition) is 1. The summed E-state index contributed by atoms with van der Waals surface area (Å²) in [6, 6.07) is 12.8. The Bertz CT molecular complexity index is 490. The molecule has 0 saturated carbocycles. The van der Waals surface area contributed by atoms with Crippen LogP contribution in [0.15, 0.2) is 53.9 Å². The zero-order valence-corrected chi connectivity index (χ0v) is 12.8. The fraction of sp³-hybridized carbons (Fsp3) is 0.375. The summed E-state index contributed by atoms with van der Waals surface area (Å²) in [4.78, 5) is 8.65. The van der Waals surface area contributed by atoms with Crippen LogP contribution in [0.3, 0.4) is 0 Å². The van der Waals surface area contributed by atoms with E-state index in [1.807, 2.05) is 6.07 Å². The third kappa shape index (κ3) is 4.05. The predicted octanol–water partition coefficient (Wildman–Crippen LogP) is 3.70. The van der Waals surface area contributed by atoms with Crippen molar-refractivity contribution in [2.24, 2.45) is 0 Å². The maximum Gasteiger partial charge on any atom is 0.187 e. The summed E-state index contributed by atoms with van der Waals surface area (Å²) in [5, 5.41) is 4.86. The average molecular weight is 287 g/mol. The van der Waals surface area contributed by atoms with E-state index in [4.69, 9.17) is 0 Å². The van der Waals surface area contributed by atoms with Crippen LogP contribution in [0.2, 0.25) is 0 Å². The highest BCUT2D eigenvalue weighted by Crippen LogP contribution is 2.32. The van der Waals surface area contributed by atoms with Crippen LogP contribution in [0.25, 0.3) is 0 Å². The van der Waals surface area contributed by atoms with Crippen molar-refractivity contribution in [3.63, 3.8) is 0 Å². The van der Waals surface area contributed by atoms with E-state index in [1.54, 1.807) is 24.2 Å². The number of hydrogen-bond acceptors (Lipinski definition) is 4. The van der Waals surface area contributed by atoms with Gasteiger partial charge in [-0.1, -0.05) is 55.9 Å². The Morgan fingerprint density at radius 3 is 2.35 bits per heavy atom. The van der Waals surface area contributed by atoms with E-state index < -0.39 is 0 Å². The van der Waals surface area contributed by atoms with Gasteiger partial charge in [0.1, 0.15) is 0 Å². The summed E-state index contributed by atoms with van der Waals surface area (Å²) >= 11 is 1.75. The van der Waals surface area contributed by atoms with Gasteiger partial charge in [-0.15, -0.1) is 0 Å². The lowest BCUT2D eigenvalue weighted by molar-refractivity contribution is 0.521. The van der Waals surface area contributed by atoms with Crippen LogP contribution < -0.4 is 5.32 Å². The van der Waals surface area contributed by atoms with Crippen molar-refractivity contribution in [2.45, 2.75) is 36.7 Å². The van der Waals surface area contributed by atoms with E-state index in [9.17, 15) is 0 Å². The van der Waals surface area contributed by atoms with Crippen molar-refractivity contribution < 1.29 is 0 Å². The minimum atomic E-state index is 0.319. The third-order valence-electron chi connectivity index (χ3n) is 3.16. The Morgan fingerprint density at radius 1 is 1.05 bits per heavy atom. The SMILES string of the molecule is CCNC(c1ccccc1)C(CC)Sc1ncccn1. The highest BCUT2D eigenvalue weighted by Gasteiger charge is 2.22. The first-order valence-electron chi connectivity index (χ1n) is 7.07. The van der Waals surface area contributed by atoms with Gasteiger partial charge >= 0.3 is 0 Å². The molecule has 4 heteroatoms. The summed E-state index contributed by atoms with van der Waals surface area (Å²) in [5.41, 5.74) is 1.32. The van der Waals surface area contributed by atoms with E-state index in [0.29, 0.717) is 11.3 Å². The first kappa shape index (κ1) is 15.0. The number of nitrogens with zero attached hydrogens (tertiary/aromatic N) is 2. The number of benzene rings is 1. The minimum absolute atomic E-state index is 0.319. The maximum absolute atomic E-state index is 4.33. The molecule has 0 saturated heterocycles. The predicted molar refractivity (Wildman–Crippen MR) is 84.8 cm³/mol. The second-order valence-electron chi connectivity index (χ2n) is 4.54. The number of rotatable bonds is 7. The van der Waals surface area contributed by atoms with Gasteiger partial charge in [0.25, 0.3) is 0 Å². The van der Waals surface area contributed by atoms with Crippen LogP contribution in [-0.4, -0.2) is 21.8 Å². The second kappa shape index (κ2) is 8.02. The molecule has 1 heterocycles. The summed E-state index contributed by atoms with van der Waals surface area (Å²) in [7, 11) is 0. The molecule has 0 aliphatic rings. The molecule has 1 aromatic carbocycles. The van der Waals surface area contributed by atoms with E-state index in [0.717, 1.165) is 18.1 Å². The Kier molecular flexibility index (Phi) is 6.02. The molecule has 1 aromatic heterocycles. The number of nitrogens with one attached hydrogen (secondary N) is 1. The molecule has 106 valence electrons. The molecule has 1 N–H and O–H groups in total. The molecule has 0 radical (unpaired) electrons.